The molecular formula is C9H7F2N. The van der Waals surface area contributed by atoms with Crippen molar-refractivity contribution in [3.8, 4) is 0 Å². The van der Waals surface area contributed by atoms with Crippen molar-refractivity contribution in [2.24, 2.45) is 0 Å². The second-order valence-corrected chi connectivity index (χ2v) is 2.64. The van der Waals surface area contributed by atoms with Gasteiger partial charge >= 0.3 is 0 Å². The molecule has 1 aromatic heterocycles. The van der Waals surface area contributed by atoms with Crippen molar-refractivity contribution in [2.45, 2.75) is 6.67 Å². The van der Waals surface area contributed by atoms with Gasteiger partial charge in [-0.2, -0.15) is 0 Å². The summed E-state index contributed by atoms with van der Waals surface area (Å²) in [6, 6.07) is 4.31. The van der Waals surface area contributed by atoms with Gasteiger partial charge < -0.3 is 4.98 Å². The summed E-state index contributed by atoms with van der Waals surface area (Å²) >= 11 is 0. The molecule has 0 atom stereocenters. The monoisotopic (exact) mass is 167 g/mol. The summed E-state index contributed by atoms with van der Waals surface area (Å²) in [4.78, 5) is 2.86. The van der Waals surface area contributed by atoms with E-state index in [1.54, 1.807) is 12.3 Å². The molecule has 12 heavy (non-hydrogen) atoms. The lowest BCUT2D eigenvalue weighted by molar-refractivity contribution is 0.485. The Morgan fingerprint density at radius 1 is 1.33 bits per heavy atom. The number of fused-ring (bicyclic) bond motifs is 1. The summed E-state index contributed by atoms with van der Waals surface area (Å²) in [5, 5.41) is 0.711. The summed E-state index contributed by atoms with van der Waals surface area (Å²) < 4.78 is 25.1. The van der Waals surface area contributed by atoms with Crippen molar-refractivity contribution in [1.82, 2.24) is 4.98 Å². The molecule has 0 aliphatic carbocycles. The molecule has 3 heteroatoms. The molecule has 0 aliphatic heterocycles. The van der Waals surface area contributed by atoms with Crippen LogP contribution < -0.4 is 0 Å². The number of aromatic amines is 1. The van der Waals surface area contributed by atoms with Gasteiger partial charge in [-0.25, -0.2) is 8.78 Å². The maximum absolute atomic E-state index is 12.8. The number of nitrogens with one attached hydrogen (secondary N) is 1. The number of benzene rings is 1. The molecule has 62 valence electrons. The highest BCUT2D eigenvalue weighted by Crippen LogP contribution is 2.19. The highest BCUT2D eigenvalue weighted by atomic mass is 19.1. The largest absolute Gasteiger partial charge is 0.361 e. The van der Waals surface area contributed by atoms with E-state index >= 15 is 0 Å². The van der Waals surface area contributed by atoms with Crippen LogP contribution in [0.2, 0.25) is 0 Å². The van der Waals surface area contributed by atoms with Gasteiger partial charge in [-0.05, 0) is 18.2 Å². The maximum atomic E-state index is 12.8. The number of halogens is 2. The average molecular weight is 167 g/mol. The lowest BCUT2D eigenvalue weighted by atomic mass is 10.1. The molecule has 2 aromatic rings. The van der Waals surface area contributed by atoms with E-state index in [0.717, 1.165) is 0 Å². The summed E-state index contributed by atoms with van der Waals surface area (Å²) in [5.41, 5.74) is 1.05. The summed E-state index contributed by atoms with van der Waals surface area (Å²) in [5.74, 6) is -0.394. The van der Waals surface area contributed by atoms with Crippen molar-refractivity contribution in [2.75, 3.05) is 0 Å². The maximum Gasteiger partial charge on any atom is 0.124 e. The second kappa shape index (κ2) is 2.59. The van der Waals surface area contributed by atoms with Crippen LogP contribution in [0.25, 0.3) is 10.9 Å². The predicted molar refractivity (Wildman–Crippen MR) is 43.1 cm³/mol. The highest BCUT2D eigenvalue weighted by Gasteiger charge is 2.03. The molecule has 0 amide bonds. The Bertz CT molecular complexity index is 406. The number of aromatic nitrogens is 1. The van der Waals surface area contributed by atoms with E-state index in [1.807, 2.05) is 0 Å². The third kappa shape index (κ3) is 0.978. The fourth-order valence-corrected chi connectivity index (χ4v) is 1.31. The molecule has 0 spiro atoms. The van der Waals surface area contributed by atoms with Crippen molar-refractivity contribution >= 4 is 10.9 Å². The molecule has 0 unspecified atom stereocenters. The lowest BCUT2D eigenvalue weighted by Gasteiger charge is -1.97. The zero-order valence-electron chi connectivity index (χ0n) is 6.27. The van der Waals surface area contributed by atoms with Gasteiger partial charge in [-0.15, -0.1) is 0 Å². The normalized spacial score (nSPS) is 10.8. The van der Waals surface area contributed by atoms with Gasteiger partial charge in [0.15, 0.2) is 0 Å². The van der Waals surface area contributed by atoms with Crippen molar-refractivity contribution in [3.63, 3.8) is 0 Å². The molecule has 0 fully saturated rings. The third-order valence-corrected chi connectivity index (χ3v) is 1.85. The molecule has 1 aromatic carbocycles. The van der Waals surface area contributed by atoms with Crippen LogP contribution in [0, 0.1) is 5.82 Å². The van der Waals surface area contributed by atoms with Crippen LogP contribution >= 0.6 is 0 Å². The van der Waals surface area contributed by atoms with Gasteiger partial charge in [-0.3, -0.25) is 0 Å². The van der Waals surface area contributed by atoms with Crippen molar-refractivity contribution in [3.05, 3.63) is 35.8 Å². The number of rotatable bonds is 1. The molecule has 0 saturated heterocycles. The van der Waals surface area contributed by atoms with Gasteiger partial charge in [0.05, 0.1) is 5.52 Å². The van der Waals surface area contributed by atoms with Crippen LogP contribution in [0.4, 0.5) is 8.78 Å². The molecule has 2 rings (SSSR count). The van der Waals surface area contributed by atoms with E-state index in [1.165, 1.54) is 12.1 Å². The van der Waals surface area contributed by atoms with E-state index in [2.05, 4.69) is 4.98 Å². The number of alkyl halides is 1. The number of H-pyrrole nitrogens is 1. The molecule has 1 heterocycles. The molecule has 0 bridgehead atoms. The smallest absolute Gasteiger partial charge is 0.124 e. The average Bonchev–Trinajstić information content (AvgIpc) is 2.50. The summed E-state index contributed by atoms with van der Waals surface area (Å²) in [6.45, 7) is -0.644. The summed E-state index contributed by atoms with van der Waals surface area (Å²) in [6.07, 6.45) is 1.67. The minimum Gasteiger partial charge on any atom is -0.361 e. The molecular weight excluding hydrogens is 160 g/mol. The predicted octanol–water partition coefficient (Wildman–Crippen LogP) is 2.78. The van der Waals surface area contributed by atoms with Gasteiger partial charge in [0.25, 0.3) is 0 Å². The Hall–Kier alpha value is -1.38. The Balaban J connectivity index is 2.80. The van der Waals surface area contributed by atoms with Crippen LogP contribution in [0.1, 0.15) is 5.56 Å². The molecule has 0 saturated carbocycles. The van der Waals surface area contributed by atoms with Crippen LogP contribution in [-0.4, -0.2) is 4.98 Å². The quantitative estimate of drug-likeness (QED) is 0.672. The van der Waals surface area contributed by atoms with Gasteiger partial charge in [-0.1, -0.05) is 0 Å². The van der Waals surface area contributed by atoms with E-state index in [9.17, 15) is 8.78 Å². The minimum atomic E-state index is -0.644. The molecule has 1 nitrogen and oxygen atoms in total. The number of hydrogen-bond donors (Lipinski definition) is 1. The van der Waals surface area contributed by atoms with Crippen molar-refractivity contribution < 1.29 is 8.78 Å². The molecule has 0 aliphatic rings. The lowest BCUT2D eigenvalue weighted by Crippen LogP contribution is -1.84. The Kier molecular flexibility index (Phi) is 1.57. The fraction of sp³-hybridized carbons (Fsp3) is 0.111. The van der Waals surface area contributed by atoms with Crippen molar-refractivity contribution in [1.29, 1.82) is 0 Å². The van der Waals surface area contributed by atoms with E-state index < -0.39 is 12.5 Å². The van der Waals surface area contributed by atoms with E-state index in [0.29, 0.717) is 16.5 Å². The minimum absolute atomic E-state index is 0.370. The van der Waals surface area contributed by atoms with Gasteiger partial charge in [0.1, 0.15) is 12.5 Å². The first-order valence-corrected chi connectivity index (χ1v) is 3.63. The Morgan fingerprint density at radius 3 is 2.92 bits per heavy atom. The fourth-order valence-electron chi connectivity index (χ4n) is 1.31. The van der Waals surface area contributed by atoms with Gasteiger partial charge in [0, 0.05) is 17.1 Å². The molecule has 0 radical (unpaired) electrons. The first-order valence-electron chi connectivity index (χ1n) is 3.63. The standard InChI is InChI=1S/C9H7F2N/c10-5-7-4-8(11)3-6-1-2-12-9(6)7/h1-4,12H,5H2. The van der Waals surface area contributed by atoms with Crippen LogP contribution in [0.3, 0.4) is 0 Å². The number of hydrogen-bond acceptors (Lipinski definition) is 0. The topological polar surface area (TPSA) is 15.8 Å². The zero-order valence-corrected chi connectivity index (χ0v) is 6.27. The highest BCUT2D eigenvalue weighted by molar-refractivity contribution is 5.82. The van der Waals surface area contributed by atoms with E-state index in [-0.39, 0.29) is 0 Å². The van der Waals surface area contributed by atoms with Gasteiger partial charge in [0.2, 0.25) is 0 Å². The van der Waals surface area contributed by atoms with Crippen LogP contribution in [0.5, 0.6) is 0 Å². The second-order valence-electron chi connectivity index (χ2n) is 2.64. The van der Waals surface area contributed by atoms with Crippen LogP contribution in [0.15, 0.2) is 24.4 Å². The molecule has 1 N–H and O–H groups in total. The van der Waals surface area contributed by atoms with Crippen LogP contribution in [-0.2, 0) is 6.67 Å². The first kappa shape index (κ1) is 7.28. The first-order chi connectivity index (χ1) is 5.81. The summed E-state index contributed by atoms with van der Waals surface area (Å²) in [7, 11) is 0. The third-order valence-electron chi connectivity index (χ3n) is 1.85. The Morgan fingerprint density at radius 2 is 2.17 bits per heavy atom. The van der Waals surface area contributed by atoms with E-state index in [4.69, 9.17) is 0 Å². The Labute approximate surface area is 68.0 Å². The zero-order chi connectivity index (χ0) is 8.55. The SMILES string of the molecule is FCc1cc(F)cc2cc[nH]c12.